The van der Waals surface area contributed by atoms with Crippen molar-refractivity contribution in [1.29, 1.82) is 21.0 Å². The quantitative estimate of drug-likeness (QED) is 0.125. The number of nitrogens with zero attached hydrogens (tertiary/aromatic N) is 9. The maximum atomic E-state index is 10.8. The van der Waals surface area contributed by atoms with E-state index in [2.05, 4.69) is 184 Å². The van der Waals surface area contributed by atoms with Crippen molar-refractivity contribution in [2.24, 2.45) is 0 Å². The third-order valence-corrected chi connectivity index (χ3v) is 13.7. The fourth-order valence-electron chi connectivity index (χ4n) is 10.1. The fraction of sp³-hybridized carbons (Fsp3) is 0. The molecule has 358 valence electrons. The van der Waals surface area contributed by atoms with Crippen LogP contribution in [0.5, 0.6) is 0 Å². The molecule has 0 saturated heterocycles. The lowest BCUT2D eigenvalue weighted by atomic mass is 9.92. The molecule has 0 N–H and O–H groups in total. The van der Waals surface area contributed by atoms with E-state index in [1.807, 2.05) is 48.5 Å². The monoisotopic (exact) mass is 983 g/mol. The molecule has 12 aromatic rings. The van der Waals surface area contributed by atoms with E-state index < -0.39 is 0 Å². The Kier molecular flexibility index (Phi) is 12.3. The molecule has 0 saturated carbocycles. The highest BCUT2D eigenvalue weighted by Crippen LogP contribution is 2.43. The molecule has 9 heteroatoms. The molecule has 0 radical (unpaired) electrons. The summed E-state index contributed by atoms with van der Waals surface area (Å²) < 4.78 is 2.28. The van der Waals surface area contributed by atoms with Crippen molar-refractivity contribution in [3.8, 4) is 75.0 Å². The number of anilines is 6. The topological polar surface area (TPSA) is 132 Å². The highest BCUT2D eigenvalue weighted by molar-refractivity contribution is 6.12. The number of para-hydroxylation sites is 4. The van der Waals surface area contributed by atoms with Crippen molar-refractivity contribution >= 4 is 55.9 Å². The number of nitriles is 4. The molecule has 0 spiro atoms. The van der Waals surface area contributed by atoms with E-state index in [1.165, 1.54) is 0 Å². The zero-order valence-electron chi connectivity index (χ0n) is 41.2. The summed E-state index contributed by atoms with van der Waals surface area (Å²) in [5.74, 6) is 0.325. The molecule has 0 amide bonds. The van der Waals surface area contributed by atoms with Crippen LogP contribution < -0.4 is 9.80 Å². The molecule has 0 aliphatic heterocycles. The highest BCUT2D eigenvalue weighted by Gasteiger charge is 2.22. The lowest BCUT2D eigenvalue weighted by Gasteiger charge is -2.26. The maximum Gasteiger partial charge on any atom is 0.160 e. The second-order valence-electron chi connectivity index (χ2n) is 18.3. The van der Waals surface area contributed by atoms with Crippen LogP contribution >= 0.6 is 0 Å². The predicted octanol–water partition coefficient (Wildman–Crippen LogP) is 16.7. The summed E-state index contributed by atoms with van der Waals surface area (Å²) in [4.78, 5) is 14.4. The van der Waals surface area contributed by atoms with Crippen molar-refractivity contribution in [3.63, 3.8) is 0 Å². The first kappa shape index (κ1) is 46.7. The number of hydrogen-bond donors (Lipinski definition) is 0. The normalized spacial score (nSPS) is 10.8. The van der Waals surface area contributed by atoms with Crippen LogP contribution in [0.4, 0.5) is 34.1 Å². The maximum absolute atomic E-state index is 10.8. The van der Waals surface area contributed by atoms with Crippen molar-refractivity contribution in [2.75, 3.05) is 9.80 Å². The van der Waals surface area contributed by atoms with Gasteiger partial charge in [0.25, 0.3) is 0 Å². The van der Waals surface area contributed by atoms with Crippen LogP contribution in [0.1, 0.15) is 22.3 Å². The molecule has 10 aromatic carbocycles. The SMILES string of the molecule is N#Cc1cccc(-c2cc(-c3cc(C#N)c(-c4ccc(-n5c6ccc(N(c7ccccc7)c7ccccc7)cc6c6cc(N(c7ccccc7)c7ccccc7)ccc65)cc4)cc3C#N)nc(-c3cccc(C#N)c3)n2)c1. The number of rotatable bonds is 11. The van der Waals surface area contributed by atoms with Crippen LogP contribution in [0.2, 0.25) is 0 Å². The van der Waals surface area contributed by atoms with Gasteiger partial charge in [-0.15, -0.1) is 0 Å². The van der Waals surface area contributed by atoms with Gasteiger partial charge in [-0.3, -0.25) is 0 Å². The molecule has 0 aliphatic rings. The summed E-state index contributed by atoms with van der Waals surface area (Å²) in [5.41, 5.74) is 14.7. The van der Waals surface area contributed by atoms with E-state index >= 15 is 0 Å². The third-order valence-electron chi connectivity index (χ3n) is 13.7. The second-order valence-corrected chi connectivity index (χ2v) is 18.3. The summed E-state index contributed by atoms with van der Waals surface area (Å²) in [7, 11) is 0. The van der Waals surface area contributed by atoms with Gasteiger partial charge in [-0.05, 0) is 145 Å². The molecule has 0 unspecified atom stereocenters. The lowest BCUT2D eigenvalue weighted by Crippen LogP contribution is -2.09. The van der Waals surface area contributed by atoms with E-state index in [0.29, 0.717) is 61.7 Å². The third kappa shape index (κ3) is 8.92. The van der Waals surface area contributed by atoms with Crippen LogP contribution in [0.15, 0.2) is 249 Å². The molecule has 0 bridgehead atoms. The molecule has 0 fully saturated rings. The van der Waals surface area contributed by atoms with E-state index in [-0.39, 0.29) is 0 Å². The molecule has 2 heterocycles. The number of hydrogen-bond acceptors (Lipinski definition) is 8. The Balaban J connectivity index is 0.993. The van der Waals surface area contributed by atoms with Gasteiger partial charge in [-0.25, -0.2) is 9.97 Å². The Hall–Kier alpha value is -11.4. The van der Waals surface area contributed by atoms with E-state index in [4.69, 9.17) is 9.97 Å². The summed E-state index contributed by atoms with van der Waals surface area (Å²) >= 11 is 0. The zero-order valence-corrected chi connectivity index (χ0v) is 41.2. The van der Waals surface area contributed by atoms with Gasteiger partial charge in [0.1, 0.15) is 0 Å². The van der Waals surface area contributed by atoms with E-state index in [1.54, 1.807) is 54.6 Å². The van der Waals surface area contributed by atoms with Crippen molar-refractivity contribution in [2.45, 2.75) is 0 Å². The van der Waals surface area contributed by atoms with Crippen molar-refractivity contribution in [1.82, 2.24) is 14.5 Å². The van der Waals surface area contributed by atoms with E-state index in [0.717, 1.165) is 67.2 Å². The van der Waals surface area contributed by atoms with Crippen LogP contribution in [0.3, 0.4) is 0 Å². The fourth-order valence-corrected chi connectivity index (χ4v) is 10.1. The van der Waals surface area contributed by atoms with Gasteiger partial charge in [-0.2, -0.15) is 21.0 Å². The van der Waals surface area contributed by atoms with Gasteiger partial charge in [0.05, 0.1) is 69.0 Å². The predicted molar refractivity (Wildman–Crippen MR) is 306 cm³/mol. The van der Waals surface area contributed by atoms with Gasteiger partial charge in [0, 0.05) is 72.8 Å². The minimum absolute atomic E-state index is 0.310. The molecule has 0 aliphatic carbocycles. The Labute approximate surface area is 445 Å². The molecule has 9 nitrogen and oxygen atoms in total. The van der Waals surface area contributed by atoms with Crippen LogP contribution in [-0.2, 0) is 0 Å². The van der Waals surface area contributed by atoms with Gasteiger partial charge in [0.15, 0.2) is 5.82 Å². The molecule has 12 rings (SSSR count). The van der Waals surface area contributed by atoms with Crippen LogP contribution in [0.25, 0.3) is 72.5 Å². The molecule has 0 atom stereocenters. The first-order valence-electron chi connectivity index (χ1n) is 24.9. The van der Waals surface area contributed by atoms with Gasteiger partial charge in [0.2, 0.25) is 0 Å². The highest BCUT2D eigenvalue weighted by atomic mass is 15.1. The minimum atomic E-state index is 0.310. The number of aromatic nitrogens is 3. The second kappa shape index (κ2) is 20.3. The molecular weight excluding hydrogens is 943 g/mol. The first-order valence-corrected chi connectivity index (χ1v) is 24.9. The number of fused-ring (bicyclic) bond motifs is 3. The van der Waals surface area contributed by atoms with Gasteiger partial charge in [-0.1, -0.05) is 109 Å². The standard InChI is InChI=1S/C68H41N9/c69-42-46-15-13-17-49(35-46)64-41-65(74-68(73-64)50-18-14-16-47(36-50)43-70)61-38-51(44-71)60(37-52(61)45-72)48-27-29-57(30-28-48)77-66-33-31-58(75(53-19-5-1-6-20-53)54-21-7-2-8-22-54)39-62(66)63-40-59(32-34-67(63)77)76(55-23-9-3-10-24-55)56-25-11-4-12-26-56/h1-41H. The Morgan fingerprint density at radius 1 is 0.325 bits per heavy atom. The van der Waals surface area contributed by atoms with Crippen LogP contribution in [-0.4, -0.2) is 14.5 Å². The molecule has 2 aromatic heterocycles. The Morgan fingerprint density at radius 2 is 0.766 bits per heavy atom. The van der Waals surface area contributed by atoms with Gasteiger partial charge < -0.3 is 14.4 Å². The summed E-state index contributed by atoms with van der Waals surface area (Å²) in [5, 5.41) is 43.2. The lowest BCUT2D eigenvalue weighted by molar-refractivity contribution is 1.18. The summed E-state index contributed by atoms with van der Waals surface area (Å²) in [6, 6.07) is 91.5. The van der Waals surface area contributed by atoms with Crippen molar-refractivity contribution in [3.05, 3.63) is 271 Å². The largest absolute Gasteiger partial charge is 0.310 e. The van der Waals surface area contributed by atoms with Crippen LogP contribution in [0, 0.1) is 45.3 Å². The average Bonchev–Trinajstić information content (AvgIpc) is 3.98. The smallest absolute Gasteiger partial charge is 0.160 e. The van der Waals surface area contributed by atoms with Crippen molar-refractivity contribution < 1.29 is 0 Å². The first-order chi connectivity index (χ1) is 38.0. The Morgan fingerprint density at radius 3 is 1.25 bits per heavy atom. The van der Waals surface area contributed by atoms with Gasteiger partial charge >= 0.3 is 0 Å². The zero-order chi connectivity index (χ0) is 52.2. The number of benzene rings is 10. The molecule has 77 heavy (non-hydrogen) atoms. The average molecular weight is 984 g/mol. The summed E-state index contributed by atoms with van der Waals surface area (Å²) in [6.07, 6.45) is 0. The van der Waals surface area contributed by atoms with E-state index in [9.17, 15) is 21.0 Å². The Bertz CT molecular complexity index is 4080. The summed E-state index contributed by atoms with van der Waals surface area (Å²) in [6.45, 7) is 0. The molecular formula is C68H41N9. The minimum Gasteiger partial charge on any atom is -0.310 e.